The van der Waals surface area contributed by atoms with Gasteiger partial charge in [-0.1, -0.05) is 70.2 Å². The van der Waals surface area contributed by atoms with E-state index in [2.05, 4.69) is 92.7 Å². The summed E-state index contributed by atoms with van der Waals surface area (Å²) in [5, 5.41) is 2.28. The van der Waals surface area contributed by atoms with Crippen molar-refractivity contribution < 1.29 is 4.42 Å². The molecule has 6 aromatic rings. The van der Waals surface area contributed by atoms with E-state index < -0.39 is 0 Å². The number of aromatic nitrogens is 3. The molecule has 3 aromatic heterocycles. The van der Waals surface area contributed by atoms with Gasteiger partial charge in [-0.3, -0.25) is 9.55 Å². The summed E-state index contributed by atoms with van der Waals surface area (Å²) in [6.45, 7) is 11.2. The van der Waals surface area contributed by atoms with E-state index in [9.17, 15) is 0 Å². The fourth-order valence-corrected chi connectivity index (χ4v) is 5.28. The van der Waals surface area contributed by atoms with Gasteiger partial charge in [-0.25, -0.2) is 4.98 Å². The van der Waals surface area contributed by atoms with Crippen LogP contribution < -0.4 is 0 Å². The lowest BCUT2D eigenvalue weighted by Gasteiger charge is -2.22. The van der Waals surface area contributed by atoms with Crippen LogP contribution in [-0.4, -0.2) is 14.5 Å². The van der Waals surface area contributed by atoms with E-state index in [4.69, 9.17) is 9.40 Å². The van der Waals surface area contributed by atoms with Crippen molar-refractivity contribution in [2.24, 2.45) is 0 Å². The van der Waals surface area contributed by atoms with Crippen LogP contribution in [0.1, 0.15) is 56.2 Å². The van der Waals surface area contributed by atoms with E-state index in [0.29, 0.717) is 11.8 Å². The largest absolute Gasteiger partial charge is 0.455 e. The van der Waals surface area contributed by atoms with Crippen molar-refractivity contribution in [3.05, 3.63) is 89.7 Å². The fourth-order valence-electron chi connectivity index (χ4n) is 5.28. The van der Waals surface area contributed by atoms with Gasteiger partial charge in [-0.05, 0) is 53.6 Å². The summed E-state index contributed by atoms with van der Waals surface area (Å²) >= 11 is 0. The average molecular weight is 460 g/mol. The number of imidazole rings is 1. The lowest BCUT2D eigenvalue weighted by molar-refractivity contribution is 0.669. The Labute approximate surface area is 205 Å². The molecule has 0 saturated carbocycles. The van der Waals surface area contributed by atoms with Crippen LogP contribution >= 0.6 is 0 Å². The molecular formula is C31H29N3O. The third-order valence-electron chi connectivity index (χ3n) is 7.00. The number of benzene rings is 3. The van der Waals surface area contributed by atoms with E-state index in [1.54, 1.807) is 0 Å². The van der Waals surface area contributed by atoms with E-state index in [0.717, 1.165) is 44.4 Å². The fraction of sp³-hybridized carbons (Fsp3) is 0.226. The zero-order valence-corrected chi connectivity index (χ0v) is 20.8. The molecule has 6 rings (SSSR count). The smallest absolute Gasteiger partial charge is 0.149 e. The number of furan rings is 1. The number of rotatable bonds is 4. The number of fused-ring (bicyclic) bond motifs is 4. The van der Waals surface area contributed by atoms with Gasteiger partial charge in [0.2, 0.25) is 0 Å². The summed E-state index contributed by atoms with van der Waals surface area (Å²) in [6.07, 6.45) is 3.70. The number of hydrogen-bond donors (Lipinski definition) is 0. The predicted octanol–water partition coefficient (Wildman–Crippen LogP) is 8.54. The van der Waals surface area contributed by atoms with Crippen molar-refractivity contribution in [3.8, 4) is 17.1 Å². The molecule has 4 heteroatoms. The molecule has 0 radical (unpaired) electrons. The maximum absolute atomic E-state index is 6.49. The Kier molecular flexibility index (Phi) is 4.99. The second-order valence-electron chi connectivity index (χ2n) is 9.96. The molecule has 0 aliphatic heterocycles. The summed E-state index contributed by atoms with van der Waals surface area (Å²) in [5.41, 5.74) is 9.72. The van der Waals surface area contributed by atoms with Crippen LogP contribution in [0.15, 0.2) is 77.5 Å². The Bertz CT molecular complexity index is 1690. The highest BCUT2D eigenvalue weighted by Gasteiger charge is 2.24. The van der Waals surface area contributed by atoms with Crippen LogP contribution in [0.2, 0.25) is 0 Å². The van der Waals surface area contributed by atoms with Crippen molar-refractivity contribution in [2.75, 3.05) is 0 Å². The first-order valence-corrected chi connectivity index (χ1v) is 12.3. The van der Waals surface area contributed by atoms with Crippen LogP contribution in [0, 0.1) is 6.92 Å². The predicted molar refractivity (Wildman–Crippen MR) is 144 cm³/mol. The first-order valence-electron chi connectivity index (χ1n) is 12.3. The quantitative estimate of drug-likeness (QED) is 0.265. The number of hydrogen-bond acceptors (Lipinski definition) is 3. The van der Waals surface area contributed by atoms with Gasteiger partial charge < -0.3 is 4.42 Å². The second kappa shape index (κ2) is 8.09. The van der Waals surface area contributed by atoms with E-state index >= 15 is 0 Å². The monoisotopic (exact) mass is 459 g/mol. The molecule has 0 unspecified atom stereocenters. The van der Waals surface area contributed by atoms with Gasteiger partial charge in [0.25, 0.3) is 0 Å². The van der Waals surface area contributed by atoms with Gasteiger partial charge in [-0.2, -0.15) is 0 Å². The lowest BCUT2D eigenvalue weighted by atomic mass is 9.92. The standard InChI is InChI=1S/C31H29N3O/c1-18(2)21-10-8-11-22(19(3)4)29(21)34-26-15-16-32-17-25(26)33-31(34)24-14-13-20(5)28-23-9-6-7-12-27(23)35-30(24)28/h6-19H,1-5H3. The lowest BCUT2D eigenvalue weighted by Crippen LogP contribution is -2.08. The van der Waals surface area contributed by atoms with Crippen molar-refractivity contribution in [3.63, 3.8) is 0 Å². The number of para-hydroxylation sites is 2. The second-order valence-corrected chi connectivity index (χ2v) is 9.96. The van der Waals surface area contributed by atoms with Crippen molar-refractivity contribution in [1.29, 1.82) is 0 Å². The summed E-state index contributed by atoms with van der Waals surface area (Å²) in [7, 11) is 0. The van der Waals surface area contributed by atoms with Crippen LogP contribution in [0.25, 0.3) is 50.0 Å². The minimum atomic E-state index is 0.361. The maximum Gasteiger partial charge on any atom is 0.149 e. The number of aryl methyl sites for hydroxylation is 1. The van der Waals surface area contributed by atoms with Crippen molar-refractivity contribution in [1.82, 2.24) is 14.5 Å². The van der Waals surface area contributed by atoms with Gasteiger partial charge in [0.15, 0.2) is 0 Å². The van der Waals surface area contributed by atoms with E-state index in [1.165, 1.54) is 22.4 Å². The molecule has 0 fully saturated rings. The van der Waals surface area contributed by atoms with Crippen LogP contribution in [0.5, 0.6) is 0 Å². The highest BCUT2D eigenvalue weighted by molar-refractivity contribution is 6.11. The summed E-state index contributed by atoms with van der Waals surface area (Å²) < 4.78 is 8.82. The van der Waals surface area contributed by atoms with Crippen LogP contribution in [-0.2, 0) is 0 Å². The summed E-state index contributed by atoms with van der Waals surface area (Å²) in [4.78, 5) is 9.53. The van der Waals surface area contributed by atoms with Gasteiger partial charge in [0.05, 0.1) is 23.0 Å². The minimum Gasteiger partial charge on any atom is -0.455 e. The molecule has 0 aliphatic rings. The zero-order valence-electron chi connectivity index (χ0n) is 20.8. The van der Waals surface area contributed by atoms with E-state index in [-0.39, 0.29) is 0 Å². The molecule has 0 saturated heterocycles. The Morgan fingerprint density at radius 2 is 1.57 bits per heavy atom. The molecular weight excluding hydrogens is 430 g/mol. The molecule has 0 spiro atoms. The van der Waals surface area contributed by atoms with Crippen LogP contribution in [0.4, 0.5) is 0 Å². The number of nitrogens with zero attached hydrogens (tertiary/aromatic N) is 3. The Hall–Kier alpha value is -3.92. The first-order chi connectivity index (χ1) is 17.0. The minimum absolute atomic E-state index is 0.361. The molecule has 35 heavy (non-hydrogen) atoms. The molecule has 0 atom stereocenters. The Balaban J connectivity index is 1.78. The molecule has 0 bridgehead atoms. The SMILES string of the molecule is Cc1ccc(-c2nc3cnccc3n2-c2c(C(C)C)cccc2C(C)C)c2oc3ccccc3c12. The highest BCUT2D eigenvalue weighted by Crippen LogP contribution is 2.41. The maximum atomic E-state index is 6.49. The summed E-state index contributed by atoms with van der Waals surface area (Å²) in [6, 6.07) is 21.3. The van der Waals surface area contributed by atoms with Crippen molar-refractivity contribution >= 4 is 33.0 Å². The van der Waals surface area contributed by atoms with Gasteiger partial charge in [0.1, 0.15) is 22.5 Å². The topological polar surface area (TPSA) is 43.9 Å². The number of pyridine rings is 1. The molecule has 0 aliphatic carbocycles. The van der Waals surface area contributed by atoms with Crippen LogP contribution in [0.3, 0.4) is 0 Å². The molecule has 174 valence electrons. The molecule has 3 aromatic carbocycles. The average Bonchev–Trinajstić information content (AvgIpc) is 3.43. The van der Waals surface area contributed by atoms with Gasteiger partial charge >= 0.3 is 0 Å². The molecule has 4 nitrogen and oxygen atoms in total. The Morgan fingerprint density at radius 1 is 0.829 bits per heavy atom. The summed E-state index contributed by atoms with van der Waals surface area (Å²) in [5.74, 6) is 1.60. The van der Waals surface area contributed by atoms with Gasteiger partial charge in [-0.15, -0.1) is 0 Å². The van der Waals surface area contributed by atoms with Gasteiger partial charge in [0, 0.05) is 17.0 Å². The third kappa shape index (κ3) is 3.28. The third-order valence-corrected chi connectivity index (χ3v) is 7.00. The zero-order chi connectivity index (χ0) is 24.3. The molecule has 0 amide bonds. The van der Waals surface area contributed by atoms with E-state index in [1.807, 2.05) is 24.5 Å². The molecule has 0 N–H and O–H groups in total. The Morgan fingerprint density at radius 3 is 2.31 bits per heavy atom. The normalized spacial score (nSPS) is 12.1. The first kappa shape index (κ1) is 21.6. The van der Waals surface area contributed by atoms with Crippen molar-refractivity contribution in [2.45, 2.75) is 46.5 Å². The highest BCUT2D eigenvalue weighted by atomic mass is 16.3. The molecule has 3 heterocycles.